The molecule has 0 bridgehead atoms. The third kappa shape index (κ3) is 2.80. The molecule has 0 aliphatic carbocycles. The predicted octanol–water partition coefficient (Wildman–Crippen LogP) is 2.92. The molecule has 2 aromatic rings. The highest BCUT2D eigenvalue weighted by molar-refractivity contribution is 7.98. The molecule has 2 heterocycles. The number of pyridine rings is 1. The van der Waals surface area contributed by atoms with Crippen LogP contribution in [-0.2, 0) is 12.3 Å². The van der Waals surface area contributed by atoms with E-state index in [1.807, 2.05) is 27.0 Å². The monoisotopic (exact) mass is 292 g/mol. The van der Waals surface area contributed by atoms with Crippen LogP contribution in [0.5, 0.6) is 5.75 Å². The van der Waals surface area contributed by atoms with Crippen molar-refractivity contribution in [2.75, 3.05) is 7.11 Å². The van der Waals surface area contributed by atoms with Gasteiger partial charge in [-0.1, -0.05) is 11.8 Å². The maximum atomic E-state index is 5.44. The zero-order valence-electron chi connectivity index (χ0n) is 12.6. The third-order valence-corrected chi connectivity index (χ3v) is 4.28. The van der Waals surface area contributed by atoms with Gasteiger partial charge in [0.25, 0.3) is 0 Å². The van der Waals surface area contributed by atoms with Gasteiger partial charge in [-0.15, -0.1) is 10.2 Å². The topological polar surface area (TPSA) is 52.8 Å². The summed E-state index contributed by atoms with van der Waals surface area (Å²) in [7, 11) is 1.70. The Morgan fingerprint density at radius 2 is 2.00 bits per heavy atom. The maximum absolute atomic E-state index is 5.44. The largest absolute Gasteiger partial charge is 0.496 e. The summed E-state index contributed by atoms with van der Waals surface area (Å²) in [6.07, 6.45) is 1.86. The molecule has 108 valence electrons. The average molecular weight is 292 g/mol. The quantitative estimate of drug-likeness (QED) is 0.793. The van der Waals surface area contributed by atoms with E-state index in [0.29, 0.717) is 0 Å². The van der Waals surface area contributed by atoms with Gasteiger partial charge in [-0.05, 0) is 27.7 Å². The van der Waals surface area contributed by atoms with Crippen LogP contribution in [0.15, 0.2) is 11.4 Å². The van der Waals surface area contributed by atoms with E-state index in [9.17, 15) is 0 Å². The van der Waals surface area contributed by atoms with Crippen molar-refractivity contribution in [2.24, 2.45) is 0 Å². The minimum Gasteiger partial charge on any atom is -0.496 e. The van der Waals surface area contributed by atoms with Gasteiger partial charge in [-0.2, -0.15) is 0 Å². The maximum Gasteiger partial charge on any atom is 0.191 e. The first-order valence-corrected chi connectivity index (χ1v) is 7.58. The van der Waals surface area contributed by atoms with Gasteiger partial charge in [0, 0.05) is 29.6 Å². The lowest BCUT2D eigenvalue weighted by atomic mass is 10.1. The fourth-order valence-electron chi connectivity index (χ4n) is 2.18. The van der Waals surface area contributed by atoms with Crippen molar-refractivity contribution in [1.82, 2.24) is 19.7 Å². The Balaban J connectivity index is 2.19. The Morgan fingerprint density at radius 3 is 2.65 bits per heavy atom. The number of methoxy groups -OCH3 is 1. The zero-order valence-corrected chi connectivity index (χ0v) is 13.4. The summed E-state index contributed by atoms with van der Waals surface area (Å²) in [5, 5.41) is 9.26. The molecular formula is C14H20N4OS. The van der Waals surface area contributed by atoms with Gasteiger partial charge in [0.1, 0.15) is 11.6 Å². The number of hydrogen-bond donors (Lipinski definition) is 0. The summed E-state index contributed by atoms with van der Waals surface area (Å²) in [5.41, 5.74) is 3.19. The highest BCUT2D eigenvalue weighted by atomic mass is 32.2. The van der Waals surface area contributed by atoms with Crippen molar-refractivity contribution < 1.29 is 4.74 Å². The van der Waals surface area contributed by atoms with Gasteiger partial charge in [0.05, 0.1) is 12.8 Å². The summed E-state index contributed by atoms with van der Waals surface area (Å²) in [6, 6.07) is 0. The van der Waals surface area contributed by atoms with Crippen LogP contribution in [0.1, 0.15) is 29.6 Å². The second-order valence-corrected chi connectivity index (χ2v) is 5.55. The van der Waals surface area contributed by atoms with Gasteiger partial charge in [0.15, 0.2) is 5.16 Å². The molecule has 6 heteroatoms. The molecule has 0 unspecified atom stereocenters. The summed E-state index contributed by atoms with van der Waals surface area (Å²) in [5.74, 6) is 2.63. The normalized spacial score (nSPS) is 10.8. The molecule has 0 saturated carbocycles. The standard InChI is InChI=1S/C14H20N4OS/c1-6-18-11(4)16-17-14(18)20-8-12-10(3)13(19-5)9(2)7-15-12/h7H,6,8H2,1-5H3. The second-order valence-electron chi connectivity index (χ2n) is 4.61. The lowest BCUT2D eigenvalue weighted by Gasteiger charge is -2.12. The Kier molecular flexibility index (Phi) is 4.65. The van der Waals surface area contributed by atoms with Crippen LogP contribution in [0.4, 0.5) is 0 Å². The van der Waals surface area contributed by atoms with E-state index < -0.39 is 0 Å². The van der Waals surface area contributed by atoms with Crippen molar-refractivity contribution in [3.8, 4) is 5.75 Å². The highest BCUT2D eigenvalue weighted by Crippen LogP contribution is 2.28. The van der Waals surface area contributed by atoms with Crippen molar-refractivity contribution in [3.05, 3.63) is 28.8 Å². The molecule has 5 nitrogen and oxygen atoms in total. The number of ether oxygens (including phenoxy) is 1. The van der Waals surface area contributed by atoms with Crippen molar-refractivity contribution >= 4 is 11.8 Å². The molecule has 0 amide bonds. The second kappa shape index (κ2) is 6.26. The SMILES string of the molecule is CCn1c(C)nnc1SCc1ncc(C)c(OC)c1C. The van der Waals surface area contributed by atoms with Crippen LogP contribution >= 0.6 is 11.8 Å². The van der Waals surface area contributed by atoms with Crippen molar-refractivity contribution in [3.63, 3.8) is 0 Å². The minimum atomic E-state index is 0.764. The third-order valence-electron chi connectivity index (χ3n) is 3.31. The Morgan fingerprint density at radius 1 is 1.25 bits per heavy atom. The Hall–Kier alpha value is -1.56. The van der Waals surface area contributed by atoms with E-state index in [0.717, 1.165) is 45.8 Å². The number of hydrogen-bond acceptors (Lipinski definition) is 5. The van der Waals surface area contributed by atoms with Crippen LogP contribution in [-0.4, -0.2) is 26.9 Å². The van der Waals surface area contributed by atoms with E-state index in [2.05, 4.69) is 26.7 Å². The van der Waals surface area contributed by atoms with Crippen LogP contribution in [0.25, 0.3) is 0 Å². The first kappa shape index (κ1) is 14.8. The fraction of sp³-hybridized carbons (Fsp3) is 0.500. The summed E-state index contributed by atoms with van der Waals surface area (Å²) >= 11 is 1.66. The van der Waals surface area contributed by atoms with Crippen molar-refractivity contribution in [2.45, 2.75) is 45.1 Å². The molecule has 2 aromatic heterocycles. The molecule has 2 rings (SSSR count). The van der Waals surface area contributed by atoms with Gasteiger partial charge in [-0.25, -0.2) is 0 Å². The molecular weight excluding hydrogens is 272 g/mol. The summed E-state index contributed by atoms with van der Waals surface area (Å²) in [4.78, 5) is 4.51. The van der Waals surface area contributed by atoms with Crippen molar-refractivity contribution in [1.29, 1.82) is 0 Å². The molecule has 0 spiro atoms. The lowest BCUT2D eigenvalue weighted by Crippen LogP contribution is -2.01. The van der Waals surface area contributed by atoms with E-state index in [-0.39, 0.29) is 0 Å². The molecule has 20 heavy (non-hydrogen) atoms. The average Bonchev–Trinajstić information content (AvgIpc) is 2.79. The van der Waals surface area contributed by atoms with Gasteiger partial charge in [0.2, 0.25) is 0 Å². The fourth-order valence-corrected chi connectivity index (χ4v) is 3.25. The number of rotatable bonds is 5. The number of aromatic nitrogens is 4. The smallest absolute Gasteiger partial charge is 0.191 e. The molecule has 0 aromatic carbocycles. The van der Waals surface area contributed by atoms with Crippen LogP contribution in [0.2, 0.25) is 0 Å². The van der Waals surface area contributed by atoms with Gasteiger partial charge < -0.3 is 9.30 Å². The zero-order chi connectivity index (χ0) is 14.7. The predicted molar refractivity (Wildman–Crippen MR) is 80.3 cm³/mol. The molecule has 0 N–H and O–H groups in total. The van der Waals surface area contributed by atoms with E-state index in [4.69, 9.17) is 4.74 Å². The van der Waals surface area contributed by atoms with Crippen LogP contribution < -0.4 is 4.74 Å². The Labute approximate surface area is 123 Å². The molecule has 0 saturated heterocycles. The van der Waals surface area contributed by atoms with Crippen LogP contribution in [0.3, 0.4) is 0 Å². The van der Waals surface area contributed by atoms with E-state index in [1.165, 1.54) is 0 Å². The minimum absolute atomic E-state index is 0.764. The highest BCUT2D eigenvalue weighted by Gasteiger charge is 2.12. The number of nitrogens with zero attached hydrogens (tertiary/aromatic N) is 4. The first-order valence-electron chi connectivity index (χ1n) is 6.60. The number of thioether (sulfide) groups is 1. The molecule has 0 aliphatic heterocycles. The first-order chi connectivity index (χ1) is 9.58. The molecule has 0 aliphatic rings. The van der Waals surface area contributed by atoms with Gasteiger partial charge in [-0.3, -0.25) is 4.98 Å². The van der Waals surface area contributed by atoms with E-state index >= 15 is 0 Å². The Bertz CT molecular complexity index is 609. The summed E-state index contributed by atoms with van der Waals surface area (Å²) < 4.78 is 7.54. The molecule has 0 fully saturated rings. The van der Waals surface area contributed by atoms with Crippen LogP contribution in [0, 0.1) is 20.8 Å². The van der Waals surface area contributed by atoms with Gasteiger partial charge >= 0.3 is 0 Å². The number of aryl methyl sites for hydroxylation is 2. The summed E-state index contributed by atoms with van der Waals surface area (Å²) in [6.45, 7) is 9.00. The lowest BCUT2D eigenvalue weighted by molar-refractivity contribution is 0.407. The van der Waals surface area contributed by atoms with E-state index in [1.54, 1.807) is 18.9 Å². The molecule has 0 radical (unpaired) electrons. The molecule has 0 atom stereocenters.